The number of para-hydroxylation sites is 1. The molecule has 0 atom stereocenters. The Labute approximate surface area is 58.5 Å². The van der Waals surface area contributed by atoms with Gasteiger partial charge >= 0.3 is 0 Å². The third-order valence-electron chi connectivity index (χ3n) is 1.07. The molecule has 1 rings (SSSR count). The van der Waals surface area contributed by atoms with E-state index in [1.807, 2.05) is 0 Å². The molecule has 1 aromatic rings. The maximum Gasteiger partial charge on any atom is 0.0953 e. The van der Waals surface area contributed by atoms with Crippen molar-refractivity contribution in [2.75, 3.05) is 5.23 Å². The fraction of sp³-hybridized carbons (Fsp3) is 0. The summed E-state index contributed by atoms with van der Waals surface area (Å²) in [5.41, 5.74) is 0.324. The molecular weight excluding hydrogens is 131 g/mol. The molecule has 0 saturated carbocycles. The fourth-order valence-corrected chi connectivity index (χ4v) is 0.618. The lowest BCUT2D eigenvalue weighted by atomic mass is 10.3. The average molecular weight is 137 g/mol. The second-order valence-corrected chi connectivity index (χ2v) is 1.71. The molecular formula is C7H6FN2. The first kappa shape index (κ1) is 6.74. The fourth-order valence-electron chi connectivity index (χ4n) is 0.618. The van der Waals surface area contributed by atoms with E-state index >= 15 is 0 Å². The van der Waals surface area contributed by atoms with Gasteiger partial charge in [0.25, 0.3) is 0 Å². The number of anilines is 1. The lowest BCUT2D eigenvalue weighted by Crippen LogP contribution is -1.99. The summed E-state index contributed by atoms with van der Waals surface area (Å²) in [5, 5.41) is 2.94. The van der Waals surface area contributed by atoms with Gasteiger partial charge in [0.05, 0.1) is 12.4 Å². The molecule has 0 aliphatic rings. The van der Waals surface area contributed by atoms with Gasteiger partial charge in [-0.25, -0.2) is 0 Å². The summed E-state index contributed by atoms with van der Waals surface area (Å²) in [6, 6.07) is 8.32. The molecule has 0 unspecified atom stereocenters. The molecule has 0 N–H and O–H groups in total. The van der Waals surface area contributed by atoms with Crippen LogP contribution >= 0.6 is 0 Å². The minimum Gasteiger partial charge on any atom is -0.149 e. The highest BCUT2D eigenvalue weighted by molar-refractivity contribution is 5.44. The van der Waals surface area contributed by atoms with Crippen LogP contribution in [0.1, 0.15) is 0 Å². The third-order valence-corrected chi connectivity index (χ3v) is 1.07. The Morgan fingerprint density at radius 3 is 2.40 bits per heavy atom. The van der Waals surface area contributed by atoms with Crippen LogP contribution in [0.3, 0.4) is 0 Å². The number of nitrogens with zero attached hydrogens (tertiary/aromatic N) is 2. The van der Waals surface area contributed by atoms with Gasteiger partial charge in [0.15, 0.2) is 0 Å². The average Bonchev–Trinajstić information content (AvgIpc) is 2.05. The van der Waals surface area contributed by atoms with Gasteiger partial charge in [0.1, 0.15) is 0 Å². The van der Waals surface area contributed by atoms with Crippen LogP contribution in [0, 0.1) is 0 Å². The van der Waals surface area contributed by atoms with Crippen molar-refractivity contribution in [2.45, 2.75) is 0 Å². The Morgan fingerprint density at radius 1 is 1.30 bits per heavy atom. The Kier molecular flexibility index (Phi) is 1.99. The van der Waals surface area contributed by atoms with E-state index < -0.39 is 0 Å². The van der Waals surface area contributed by atoms with Crippen LogP contribution in [0.25, 0.3) is 0 Å². The van der Waals surface area contributed by atoms with Crippen molar-refractivity contribution in [1.82, 2.24) is 0 Å². The quantitative estimate of drug-likeness (QED) is 0.345. The number of benzene rings is 1. The van der Waals surface area contributed by atoms with Crippen molar-refractivity contribution in [3.8, 4) is 0 Å². The molecule has 51 valence electrons. The molecule has 3 heteroatoms. The molecule has 0 aliphatic heterocycles. The van der Waals surface area contributed by atoms with Gasteiger partial charge in [-0.15, -0.1) is 5.10 Å². The van der Waals surface area contributed by atoms with E-state index in [2.05, 4.69) is 11.8 Å². The van der Waals surface area contributed by atoms with Crippen LogP contribution in [-0.4, -0.2) is 6.72 Å². The molecule has 1 radical (unpaired) electrons. The standard InChI is InChI=1S/C7H6FN2/c1-9-10(8)7-5-3-2-4-6-7/h1-6H. The molecule has 0 heterocycles. The Balaban J connectivity index is 2.84. The van der Waals surface area contributed by atoms with E-state index in [0.29, 0.717) is 5.69 Å². The van der Waals surface area contributed by atoms with Gasteiger partial charge in [-0.3, -0.25) is 0 Å². The third kappa shape index (κ3) is 1.31. The second kappa shape index (κ2) is 2.96. The van der Waals surface area contributed by atoms with Crippen molar-refractivity contribution < 1.29 is 4.48 Å². The molecule has 0 saturated heterocycles. The molecule has 1 aromatic carbocycles. The van der Waals surface area contributed by atoms with E-state index in [9.17, 15) is 4.48 Å². The Bertz CT molecular complexity index is 210. The number of hydrazone groups is 1. The SMILES string of the molecule is [CH]=NN(F)c1ccccc1. The number of halogens is 1. The topological polar surface area (TPSA) is 15.6 Å². The minimum atomic E-state index is 0.111. The van der Waals surface area contributed by atoms with Gasteiger partial charge < -0.3 is 0 Å². The van der Waals surface area contributed by atoms with Crippen LogP contribution in [-0.2, 0) is 0 Å². The summed E-state index contributed by atoms with van der Waals surface area (Å²) in [5.74, 6) is 0. The predicted octanol–water partition coefficient (Wildman–Crippen LogP) is 1.87. The molecule has 0 amide bonds. The van der Waals surface area contributed by atoms with Crippen molar-refractivity contribution in [3.63, 3.8) is 0 Å². The van der Waals surface area contributed by atoms with Crippen molar-refractivity contribution >= 4 is 12.4 Å². The van der Waals surface area contributed by atoms with E-state index in [4.69, 9.17) is 0 Å². The van der Waals surface area contributed by atoms with Crippen LogP contribution < -0.4 is 5.23 Å². The van der Waals surface area contributed by atoms with E-state index in [1.54, 1.807) is 30.3 Å². The maximum atomic E-state index is 12.4. The maximum absolute atomic E-state index is 12.4. The van der Waals surface area contributed by atoms with E-state index in [0.717, 1.165) is 0 Å². The van der Waals surface area contributed by atoms with Gasteiger partial charge in [-0.1, -0.05) is 27.9 Å². The lowest BCUT2D eigenvalue weighted by molar-refractivity contribution is 0.449. The van der Waals surface area contributed by atoms with Gasteiger partial charge in [-0.2, -0.15) is 0 Å². The van der Waals surface area contributed by atoms with Crippen LogP contribution in [0.2, 0.25) is 0 Å². The normalized spacial score (nSPS) is 8.90. The van der Waals surface area contributed by atoms with Crippen molar-refractivity contribution in [1.29, 1.82) is 0 Å². The van der Waals surface area contributed by atoms with Gasteiger partial charge in [0, 0.05) is 0 Å². The van der Waals surface area contributed by atoms with Gasteiger partial charge in [-0.05, 0) is 12.1 Å². The summed E-state index contributed by atoms with van der Waals surface area (Å²) >= 11 is 0. The Morgan fingerprint density at radius 2 is 1.90 bits per heavy atom. The number of hydrogen-bond acceptors (Lipinski definition) is 2. The second-order valence-electron chi connectivity index (χ2n) is 1.71. The highest BCUT2D eigenvalue weighted by atomic mass is 19.2. The van der Waals surface area contributed by atoms with Gasteiger partial charge in [0.2, 0.25) is 0 Å². The zero-order valence-electron chi connectivity index (χ0n) is 5.24. The first-order valence-electron chi connectivity index (χ1n) is 2.76. The van der Waals surface area contributed by atoms with Crippen LogP contribution in [0.5, 0.6) is 0 Å². The monoisotopic (exact) mass is 137 g/mol. The molecule has 10 heavy (non-hydrogen) atoms. The smallest absolute Gasteiger partial charge is 0.0953 e. The van der Waals surface area contributed by atoms with E-state index in [1.165, 1.54) is 0 Å². The lowest BCUT2D eigenvalue weighted by Gasteiger charge is -2.03. The molecule has 0 fully saturated rings. The Hall–Kier alpha value is -1.38. The highest BCUT2D eigenvalue weighted by Crippen LogP contribution is 2.12. The summed E-state index contributed by atoms with van der Waals surface area (Å²) in [6.07, 6.45) is 0. The summed E-state index contributed by atoms with van der Waals surface area (Å²) in [6.45, 7) is 4.68. The molecule has 0 aliphatic carbocycles. The molecule has 0 spiro atoms. The first-order valence-corrected chi connectivity index (χ1v) is 2.76. The summed E-state index contributed by atoms with van der Waals surface area (Å²) in [7, 11) is 0. The molecule has 2 nitrogen and oxygen atoms in total. The number of rotatable bonds is 2. The minimum absolute atomic E-state index is 0.111. The number of hydrogen-bond donors (Lipinski definition) is 0. The molecule has 0 aromatic heterocycles. The summed E-state index contributed by atoms with van der Waals surface area (Å²) in [4.78, 5) is 0. The zero-order valence-corrected chi connectivity index (χ0v) is 5.24. The zero-order chi connectivity index (χ0) is 7.40. The largest absolute Gasteiger partial charge is 0.149 e. The predicted molar refractivity (Wildman–Crippen MR) is 38.5 cm³/mol. The highest BCUT2D eigenvalue weighted by Gasteiger charge is 1.96. The van der Waals surface area contributed by atoms with E-state index in [-0.39, 0.29) is 5.23 Å². The van der Waals surface area contributed by atoms with Crippen molar-refractivity contribution in [3.05, 3.63) is 30.3 Å². The van der Waals surface area contributed by atoms with Crippen molar-refractivity contribution in [2.24, 2.45) is 5.10 Å². The summed E-state index contributed by atoms with van der Waals surface area (Å²) < 4.78 is 12.4. The van der Waals surface area contributed by atoms with Crippen LogP contribution in [0.15, 0.2) is 35.4 Å². The first-order chi connectivity index (χ1) is 4.84. The molecule has 0 bridgehead atoms. The van der Waals surface area contributed by atoms with Crippen LogP contribution in [0.4, 0.5) is 10.2 Å².